The molecular weight excluding hydrogens is 300 g/mol. The van der Waals surface area contributed by atoms with Crippen LogP contribution in [0.4, 0.5) is 0 Å². The highest BCUT2D eigenvalue weighted by atomic mass is 16.5. The molecule has 4 rings (SSSR count). The maximum absolute atomic E-state index is 10.2. The summed E-state index contributed by atoms with van der Waals surface area (Å²) >= 11 is 0. The third-order valence-corrected chi connectivity index (χ3v) is 6.23. The summed E-state index contributed by atoms with van der Waals surface area (Å²) in [5.74, 6) is 2.83. The van der Waals surface area contributed by atoms with Crippen LogP contribution in [0, 0.1) is 11.8 Å². The monoisotopic (exact) mass is 330 g/mol. The standard InChI is InChI=1S/C20H30N2O2/c23-18(15-24-19-4-2-1-3-5-19)14-21-8-10-22(11-9-21)20-13-16-6-7-17(20)12-16/h1-5,16-18,20,23H,6-15H2. The van der Waals surface area contributed by atoms with Crippen LogP contribution in [-0.4, -0.2) is 66.4 Å². The molecule has 3 fully saturated rings. The van der Waals surface area contributed by atoms with Crippen LogP contribution in [0.15, 0.2) is 30.3 Å². The van der Waals surface area contributed by atoms with Crippen LogP contribution in [0.2, 0.25) is 0 Å². The van der Waals surface area contributed by atoms with E-state index in [4.69, 9.17) is 4.74 Å². The predicted molar refractivity (Wildman–Crippen MR) is 95.2 cm³/mol. The molecule has 2 saturated carbocycles. The normalized spacial score (nSPS) is 32.1. The van der Waals surface area contributed by atoms with Gasteiger partial charge in [0, 0.05) is 38.8 Å². The molecule has 1 aliphatic heterocycles. The van der Waals surface area contributed by atoms with Crippen molar-refractivity contribution in [2.24, 2.45) is 11.8 Å². The number of ether oxygens (including phenoxy) is 1. The first-order valence-corrected chi connectivity index (χ1v) is 9.60. The smallest absolute Gasteiger partial charge is 0.119 e. The molecule has 1 N–H and O–H groups in total. The molecule has 0 aromatic heterocycles. The molecule has 4 unspecified atom stereocenters. The highest BCUT2D eigenvalue weighted by Crippen LogP contribution is 2.46. The number of piperazine rings is 1. The topological polar surface area (TPSA) is 35.9 Å². The molecule has 0 spiro atoms. The van der Waals surface area contributed by atoms with Gasteiger partial charge in [-0.1, -0.05) is 24.6 Å². The van der Waals surface area contributed by atoms with Gasteiger partial charge in [-0.05, 0) is 43.2 Å². The van der Waals surface area contributed by atoms with Crippen molar-refractivity contribution in [3.8, 4) is 5.75 Å². The van der Waals surface area contributed by atoms with Crippen LogP contribution in [0.25, 0.3) is 0 Å². The number of nitrogens with zero attached hydrogens (tertiary/aromatic N) is 2. The highest BCUT2D eigenvalue weighted by Gasteiger charge is 2.42. The molecular formula is C20H30N2O2. The third-order valence-electron chi connectivity index (χ3n) is 6.23. The first kappa shape index (κ1) is 16.4. The minimum Gasteiger partial charge on any atom is -0.491 e. The fraction of sp³-hybridized carbons (Fsp3) is 0.700. The molecule has 4 heteroatoms. The Labute approximate surface area is 145 Å². The second-order valence-electron chi connectivity index (χ2n) is 7.86. The lowest BCUT2D eigenvalue weighted by Gasteiger charge is -2.41. The molecule has 132 valence electrons. The Balaban J connectivity index is 1.18. The zero-order valence-electron chi connectivity index (χ0n) is 14.5. The lowest BCUT2D eigenvalue weighted by atomic mass is 9.93. The Morgan fingerprint density at radius 3 is 2.50 bits per heavy atom. The van der Waals surface area contributed by atoms with Gasteiger partial charge in [0.15, 0.2) is 0 Å². The van der Waals surface area contributed by atoms with Crippen molar-refractivity contribution in [1.29, 1.82) is 0 Å². The number of aliphatic hydroxyl groups is 1. The summed E-state index contributed by atoms with van der Waals surface area (Å²) in [6.07, 6.45) is 5.46. The first-order valence-electron chi connectivity index (χ1n) is 9.60. The van der Waals surface area contributed by atoms with Gasteiger partial charge in [-0.3, -0.25) is 9.80 Å². The largest absolute Gasteiger partial charge is 0.491 e. The zero-order valence-corrected chi connectivity index (χ0v) is 14.5. The average molecular weight is 330 g/mol. The average Bonchev–Trinajstić information content (AvgIpc) is 3.25. The van der Waals surface area contributed by atoms with E-state index in [9.17, 15) is 5.11 Å². The van der Waals surface area contributed by atoms with E-state index in [-0.39, 0.29) is 0 Å². The van der Waals surface area contributed by atoms with Crippen LogP contribution < -0.4 is 4.74 Å². The second kappa shape index (κ2) is 7.42. The minimum atomic E-state index is -0.417. The molecule has 0 amide bonds. The van der Waals surface area contributed by atoms with Crippen LogP contribution in [0.3, 0.4) is 0 Å². The van der Waals surface area contributed by atoms with Crippen LogP contribution in [0.5, 0.6) is 5.75 Å². The molecule has 24 heavy (non-hydrogen) atoms. The maximum atomic E-state index is 10.2. The van der Waals surface area contributed by atoms with Crippen molar-refractivity contribution in [3.05, 3.63) is 30.3 Å². The molecule has 2 bridgehead atoms. The summed E-state index contributed by atoms with van der Waals surface area (Å²) in [6, 6.07) is 10.6. The third kappa shape index (κ3) is 3.76. The van der Waals surface area contributed by atoms with Gasteiger partial charge in [0.2, 0.25) is 0 Å². The number of para-hydroxylation sites is 1. The van der Waals surface area contributed by atoms with E-state index in [2.05, 4.69) is 9.80 Å². The van der Waals surface area contributed by atoms with Crippen molar-refractivity contribution < 1.29 is 9.84 Å². The summed E-state index contributed by atoms with van der Waals surface area (Å²) in [5, 5.41) is 10.2. The molecule has 1 saturated heterocycles. The van der Waals surface area contributed by atoms with Gasteiger partial charge in [-0.2, -0.15) is 0 Å². The SMILES string of the molecule is OC(COc1ccccc1)CN1CCN(C2CC3CCC2C3)CC1. The van der Waals surface area contributed by atoms with Gasteiger partial charge >= 0.3 is 0 Å². The Morgan fingerprint density at radius 1 is 1.04 bits per heavy atom. The number of fused-ring (bicyclic) bond motifs is 2. The number of rotatable bonds is 6. The maximum Gasteiger partial charge on any atom is 0.119 e. The van der Waals surface area contributed by atoms with Gasteiger partial charge in [0.25, 0.3) is 0 Å². The number of hydrogen-bond donors (Lipinski definition) is 1. The van der Waals surface area contributed by atoms with E-state index >= 15 is 0 Å². The van der Waals surface area contributed by atoms with Crippen LogP contribution in [-0.2, 0) is 0 Å². The molecule has 0 radical (unpaired) electrons. The van der Waals surface area contributed by atoms with Crippen molar-refractivity contribution in [1.82, 2.24) is 9.80 Å². The van der Waals surface area contributed by atoms with Crippen molar-refractivity contribution >= 4 is 0 Å². The van der Waals surface area contributed by atoms with Gasteiger partial charge < -0.3 is 9.84 Å². The molecule has 4 nitrogen and oxygen atoms in total. The molecule has 3 aliphatic rings. The minimum absolute atomic E-state index is 0.372. The molecule has 4 atom stereocenters. The fourth-order valence-electron chi connectivity index (χ4n) is 5.00. The number of benzene rings is 1. The fourth-order valence-corrected chi connectivity index (χ4v) is 5.00. The van der Waals surface area contributed by atoms with Crippen molar-refractivity contribution in [2.75, 3.05) is 39.3 Å². The van der Waals surface area contributed by atoms with E-state index in [1.54, 1.807) is 0 Å². The Morgan fingerprint density at radius 2 is 1.83 bits per heavy atom. The summed E-state index contributed by atoms with van der Waals surface area (Å²) in [5.41, 5.74) is 0. The molecule has 1 heterocycles. The highest BCUT2D eigenvalue weighted by molar-refractivity contribution is 5.20. The van der Waals surface area contributed by atoms with E-state index in [1.165, 1.54) is 38.8 Å². The second-order valence-corrected chi connectivity index (χ2v) is 7.86. The van der Waals surface area contributed by atoms with Crippen LogP contribution in [0.1, 0.15) is 25.7 Å². The van der Waals surface area contributed by atoms with Gasteiger partial charge in [-0.15, -0.1) is 0 Å². The zero-order chi connectivity index (χ0) is 16.4. The van der Waals surface area contributed by atoms with Crippen molar-refractivity contribution in [3.63, 3.8) is 0 Å². The molecule has 1 aromatic carbocycles. The van der Waals surface area contributed by atoms with Crippen LogP contribution >= 0.6 is 0 Å². The number of hydrogen-bond acceptors (Lipinski definition) is 4. The first-order chi connectivity index (χ1) is 11.8. The lowest BCUT2D eigenvalue weighted by molar-refractivity contribution is 0.0282. The molecule has 1 aromatic rings. The number of aliphatic hydroxyl groups excluding tert-OH is 1. The van der Waals surface area contributed by atoms with Gasteiger partial charge in [-0.25, -0.2) is 0 Å². The van der Waals surface area contributed by atoms with Crippen molar-refractivity contribution in [2.45, 2.75) is 37.8 Å². The summed E-state index contributed by atoms with van der Waals surface area (Å²) in [7, 11) is 0. The summed E-state index contributed by atoms with van der Waals surface area (Å²) in [4.78, 5) is 5.12. The molecule has 2 aliphatic carbocycles. The van der Waals surface area contributed by atoms with Gasteiger partial charge in [0.1, 0.15) is 18.5 Å². The van der Waals surface area contributed by atoms with E-state index in [0.717, 1.165) is 43.3 Å². The van der Waals surface area contributed by atoms with E-state index in [0.29, 0.717) is 6.61 Å². The number of β-amino-alcohol motifs (C(OH)–C–C–N with tert-alkyl or cyclic N) is 1. The Hall–Kier alpha value is -1.10. The van der Waals surface area contributed by atoms with E-state index in [1.807, 2.05) is 30.3 Å². The van der Waals surface area contributed by atoms with E-state index < -0.39 is 6.10 Å². The van der Waals surface area contributed by atoms with Gasteiger partial charge in [0.05, 0.1) is 0 Å². The quantitative estimate of drug-likeness (QED) is 0.868. The predicted octanol–water partition coefficient (Wildman–Crippen LogP) is 2.23. The summed E-state index contributed by atoms with van der Waals surface area (Å²) in [6.45, 7) is 5.58. The Bertz CT molecular complexity index is 516. The summed E-state index contributed by atoms with van der Waals surface area (Å²) < 4.78 is 5.66. The lowest BCUT2D eigenvalue weighted by Crippen LogP contribution is -2.53. The Kier molecular flexibility index (Phi) is 5.06.